The van der Waals surface area contributed by atoms with Gasteiger partial charge in [0.15, 0.2) is 0 Å². The molecule has 0 saturated heterocycles. The minimum atomic E-state index is -0.452. The molecule has 4 nitrogen and oxygen atoms in total. The van der Waals surface area contributed by atoms with Crippen LogP contribution in [-0.2, 0) is 4.79 Å². The summed E-state index contributed by atoms with van der Waals surface area (Å²) in [6.45, 7) is 6.36. The van der Waals surface area contributed by atoms with Gasteiger partial charge in [-0.05, 0) is 18.8 Å². The first kappa shape index (κ1) is 14.4. The van der Waals surface area contributed by atoms with Gasteiger partial charge in [-0.3, -0.25) is 4.79 Å². The SMILES string of the molecule is CCC(N)CC(=O)NCC(O)CC(C)C. The third-order valence-electron chi connectivity index (χ3n) is 2.25. The molecule has 0 bridgehead atoms. The Morgan fingerprint density at radius 3 is 2.53 bits per heavy atom. The number of aliphatic hydroxyl groups excluding tert-OH is 1. The fourth-order valence-corrected chi connectivity index (χ4v) is 1.31. The average molecular weight is 216 g/mol. The van der Waals surface area contributed by atoms with Crippen molar-refractivity contribution in [3.05, 3.63) is 0 Å². The maximum Gasteiger partial charge on any atom is 0.221 e. The van der Waals surface area contributed by atoms with Crippen molar-refractivity contribution in [3.63, 3.8) is 0 Å². The van der Waals surface area contributed by atoms with Crippen LogP contribution < -0.4 is 11.1 Å². The van der Waals surface area contributed by atoms with E-state index in [9.17, 15) is 9.90 Å². The monoisotopic (exact) mass is 216 g/mol. The van der Waals surface area contributed by atoms with Gasteiger partial charge in [-0.25, -0.2) is 0 Å². The van der Waals surface area contributed by atoms with Crippen molar-refractivity contribution in [2.24, 2.45) is 11.7 Å². The molecule has 0 aliphatic carbocycles. The Morgan fingerprint density at radius 1 is 1.47 bits per heavy atom. The zero-order chi connectivity index (χ0) is 11.8. The highest BCUT2D eigenvalue weighted by molar-refractivity contribution is 5.76. The highest BCUT2D eigenvalue weighted by atomic mass is 16.3. The molecule has 2 atom stereocenters. The van der Waals surface area contributed by atoms with Gasteiger partial charge < -0.3 is 16.2 Å². The zero-order valence-electron chi connectivity index (χ0n) is 9.99. The van der Waals surface area contributed by atoms with Crippen molar-refractivity contribution in [2.45, 2.75) is 52.2 Å². The predicted octanol–water partition coefficient (Wildman–Crippen LogP) is 0.637. The molecule has 2 unspecified atom stereocenters. The van der Waals surface area contributed by atoms with Crippen LogP contribution in [0, 0.1) is 5.92 Å². The van der Waals surface area contributed by atoms with Crippen LogP contribution in [0.5, 0.6) is 0 Å². The number of nitrogens with two attached hydrogens (primary N) is 1. The van der Waals surface area contributed by atoms with Gasteiger partial charge in [-0.15, -0.1) is 0 Å². The normalized spacial score (nSPS) is 15.1. The lowest BCUT2D eigenvalue weighted by atomic mass is 10.1. The third-order valence-corrected chi connectivity index (χ3v) is 2.25. The summed E-state index contributed by atoms with van der Waals surface area (Å²) in [6.07, 6.45) is 1.39. The van der Waals surface area contributed by atoms with Gasteiger partial charge in [-0.2, -0.15) is 0 Å². The van der Waals surface area contributed by atoms with Gasteiger partial charge in [0.2, 0.25) is 5.91 Å². The molecule has 0 aromatic rings. The van der Waals surface area contributed by atoms with E-state index in [2.05, 4.69) is 5.32 Å². The van der Waals surface area contributed by atoms with E-state index in [-0.39, 0.29) is 11.9 Å². The highest BCUT2D eigenvalue weighted by Crippen LogP contribution is 2.03. The van der Waals surface area contributed by atoms with Gasteiger partial charge in [0.25, 0.3) is 0 Å². The van der Waals surface area contributed by atoms with Crippen molar-refractivity contribution in [1.82, 2.24) is 5.32 Å². The quantitative estimate of drug-likeness (QED) is 0.584. The third kappa shape index (κ3) is 8.39. The van der Waals surface area contributed by atoms with E-state index in [4.69, 9.17) is 5.73 Å². The van der Waals surface area contributed by atoms with E-state index in [1.54, 1.807) is 0 Å². The van der Waals surface area contributed by atoms with Crippen LogP contribution in [0.2, 0.25) is 0 Å². The lowest BCUT2D eigenvalue weighted by Crippen LogP contribution is -2.36. The van der Waals surface area contributed by atoms with Crippen molar-refractivity contribution in [2.75, 3.05) is 6.54 Å². The molecule has 0 aromatic heterocycles. The van der Waals surface area contributed by atoms with Crippen molar-refractivity contribution in [3.8, 4) is 0 Å². The van der Waals surface area contributed by atoms with Crippen LogP contribution in [-0.4, -0.2) is 29.7 Å². The second-order valence-corrected chi connectivity index (χ2v) is 4.46. The molecule has 0 aromatic carbocycles. The fourth-order valence-electron chi connectivity index (χ4n) is 1.31. The van der Waals surface area contributed by atoms with Gasteiger partial charge in [0.05, 0.1) is 6.10 Å². The van der Waals surface area contributed by atoms with Crippen molar-refractivity contribution >= 4 is 5.91 Å². The number of rotatable bonds is 7. The van der Waals surface area contributed by atoms with E-state index in [0.29, 0.717) is 25.3 Å². The van der Waals surface area contributed by atoms with Crippen LogP contribution in [0.3, 0.4) is 0 Å². The summed E-state index contributed by atoms with van der Waals surface area (Å²) in [4.78, 5) is 11.3. The second-order valence-electron chi connectivity index (χ2n) is 4.46. The minimum Gasteiger partial charge on any atom is -0.391 e. The van der Waals surface area contributed by atoms with E-state index in [0.717, 1.165) is 6.42 Å². The van der Waals surface area contributed by atoms with Crippen LogP contribution in [0.25, 0.3) is 0 Å². The summed E-state index contributed by atoms with van der Waals surface area (Å²) in [5.74, 6) is 0.363. The van der Waals surface area contributed by atoms with Crippen molar-refractivity contribution in [1.29, 1.82) is 0 Å². The number of hydrogen-bond acceptors (Lipinski definition) is 3. The molecule has 0 radical (unpaired) electrons. The Morgan fingerprint density at radius 2 is 2.07 bits per heavy atom. The summed E-state index contributed by atoms with van der Waals surface area (Å²) in [5.41, 5.74) is 5.64. The number of nitrogens with one attached hydrogen (secondary N) is 1. The summed E-state index contributed by atoms with van der Waals surface area (Å²) >= 11 is 0. The topological polar surface area (TPSA) is 75.4 Å². The minimum absolute atomic E-state index is 0.0766. The predicted molar refractivity (Wildman–Crippen MR) is 61.4 cm³/mol. The van der Waals surface area contributed by atoms with E-state index in [1.807, 2.05) is 20.8 Å². The van der Waals surface area contributed by atoms with Crippen LogP contribution in [0.15, 0.2) is 0 Å². The average Bonchev–Trinajstić information content (AvgIpc) is 2.13. The lowest BCUT2D eigenvalue weighted by molar-refractivity contribution is -0.121. The number of amides is 1. The Bertz CT molecular complexity index is 183. The summed E-state index contributed by atoms with van der Waals surface area (Å²) in [7, 11) is 0. The van der Waals surface area contributed by atoms with Gasteiger partial charge in [0, 0.05) is 19.0 Å². The molecule has 4 N–H and O–H groups in total. The number of carbonyl (C=O) groups is 1. The van der Waals surface area contributed by atoms with Crippen LogP contribution in [0.4, 0.5) is 0 Å². The molecule has 90 valence electrons. The van der Waals surface area contributed by atoms with Crippen LogP contribution >= 0.6 is 0 Å². The molecule has 0 rings (SSSR count). The van der Waals surface area contributed by atoms with Gasteiger partial charge in [-0.1, -0.05) is 20.8 Å². The lowest BCUT2D eigenvalue weighted by Gasteiger charge is -2.14. The number of hydrogen-bond donors (Lipinski definition) is 3. The Kier molecular flexibility index (Phi) is 7.34. The molecule has 0 aliphatic heterocycles. The Hall–Kier alpha value is -0.610. The summed E-state index contributed by atoms with van der Waals surface area (Å²) in [6, 6.07) is -0.0766. The number of aliphatic hydroxyl groups is 1. The maximum atomic E-state index is 11.3. The van der Waals surface area contributed by atoms with E-state index >= 15 is 0 Å². The molecule has 4 heteroatoms. The largest absolute Gasteiger partial charge is 0.391 e. The Balaban J connectivity index is 3.61. The number of carbonyl (C=O) groups excluding carboxylic acids is 1. The van der Waals surface area contributed by atoms with E-state index in [1.165, 1.54) is 0 Å². The molecule has 0 aliphatic rings. The smallest absolute Gasteiger partial charge is 0.221 e. The first-order valence-corrected chi connectivity index (χ1v) is 5.66. The first-order chi connectivity index (χ1) is 6.95. The fraction of sp³-hybridized carbons (Fsp3) is 0.909. The van der Waals surface area contributed by atoms with Crippen molar-refractivity contribution < 1.29 is 9.90 Å². The molecular weight excluding hydrogens is 192 g/mol. The Labute approximate surface area is 92.2 Å². The molecule has 0 fully saturated rings. The highest BCUT2D eigenvalue weighted by Gasteiger charge is 2.10. The summed E-state index contributed by atoms with van der Waals surface area (Å²) in [5, 5.41) is 12.2. The molecule has 15 heavy (non-hydrogen) atoms. The standard InChI is InChI=1S/C11H24N2O2/c1-4-9(12)6-11(15)13-7-10(14)5-8(2)3/h8-10,14H,4-7,12H2,1-3H3,(H,13,15). The second kappa shape index (κ2) is 7.65. The molecule has 0 heterocycles. The first-order valence-electron chi connectivity index (χ1n) is 5.66. The van der Waals surface area contributed by atoms with Gasteiger partial charge >= 0.3 is 0 Å². The molecule has 0 saturated carbocycles. The van der Waals surface area contributed by atoms with E-state index < -0.39 is 6.10 Å². The molecule has 1 amide bonds. The summed E-state index contributed by atoms with van der Waals surface area (Å²) < 4.78 is 0. The maximum absolute atomic E-state index is 11.3. The van der Waals surface area contributed by atoms with Gasteiger partial charge in [0.1, 0.15) is 0 Å². The zero-order valence-corrected chi connectivity index (χ0v) is 9.99. The molecule has 0 spiro atoms. The molecular formula is C11H24N2O2. The van der Waals surface area contributed by atoms with Crippen LogP contribution in [0.1, 0.15) is 40.0 Å².